The number of thiazole rings is 1. The van der Waals surface area contributed by atoms with Crippen LogP contribution in [0.2, 0.25) is 0 Å². The first-order valence-electron chi connectivity index (χ1n) is 10.2. The summed E-state index contributed by atoms with van der Waals surface area (Å²) in [6.45, 7) is -0.0246. The molecular formula is C20H17N9O5S3. The van der Waals surface area contributed by atoms with Crippen molar-refractivity contribution in [2.45, 2.75) is 23.1 Å². The lowest BCUT2D eigenvalue weighted by molar-refractivity contribution is -0.150. The van der Waals surface area contributed by atoms with Gasteiger partial charge in [0, 0.05) is 16.9 Å². The van der Waals surface area contributed by atoms with Crippen molar-refractivity contribution in [2.75, 3.05) is 23.8 Å². The molecule has 0 aliphatic carbocycles. The SMILES string of the molecule is C#CCON=C(C(=O)NC1C(=O)N2C(C(=O)O)=C(CSc3nnnn3CC#C)CS[C@H]12)c1csc(N)n1. The van der Waals surface area contributed by atoms with Gasteiger partial charge in [0.05, 0.1) is 0 Å². The lowest BCUT2D eigenvalue weighted by Gasteiger charge is -2.49. The fraction of sp³-hybridized carbons (Fsp3) is 0.300. The molecule has 0 aromatic carbocycles. The summed E-state index contributed by atoms with van der Waals surface area (Å²) in [4.78, 5) is 48.2. The molecule has 2 aliphatic rings. The average molecular weight is 560 g/mol. The predicted octanol–water partition coefficient (Wildman–Crippen LogP) is -0.770. The van der Waals surface area contributed by atoms with Gasteiger partial charge in [-0.3, -0.25) is 14.5 Å². The number of nitrogens with one attached hydrogen (secondary N) is 1. The Kier molecular flexibility index (Phi) is 7.97. The number of fused-ring (bicyclic) bond motifs is 1. The summed E-state index contributed by atoms with van der Waals surface area (Å²) in [5.41, 5.74) is 5.96. The van der Waals surface area contributed by atoms with Crippen molar-refractivity contribution in [3.63, 3.8) is 0 Å². The number of β-lactam (4-membered cyclic amide) rings is 1. The van der Waals surface area contributed by atoms with Gasteiger partial charge in [-0.1, -0.05) is 28.8 Å². The van der Waals surface area contributed by atoms with Gasteiger partial charge < -0.3 is 21.0 Å². The van der Waals surface area contributed by atoms with E-state index < -0.39 is 29.2 Å². The largest absolute Gasteiger partial charge is 0.477 e. The minimum Gasteiger partial charge on any atom is -0.477 e. The summed E-state index contributed by atoms with van der Waals surface area (Å²) in [7, 11) is 0. The van der Waals surface area contributed by atoms with Crippen molar-refractivity contribution >= 4 is 63.5 Å². The minimum absolute atomic E-state index is 0.138. The topological polar surface area (TPSA) is 191 Å². The maximum Gasteiger partial charge on any atom is 0.352 e. The second-order valence-electron chi connectivity index (χ2n) is 7.22. The van der Waals surface area contributed by atoms with Gasteiger partial charge in [-0.25, -0.2) is 14.5 Å². The first-order valence-corrected chi connectivity index (χ1v) is 13.1. The van der Waals surface area contributed by atoms with Crippen LogP contribution in [0, 0.1) is 24.7 Å². The molecule has 14 nitrogen and oxygen atoms in total. The number of aliphatic carboxylic acids is 1. The third-order valence-electron chi connectivity index (χ3n) is 4.94. The van der Waals surface area contributed by atoms with Crippen molar-refractivity contribution < 1.29 is 24.3 Å². The van der Waals surface area contributed by atoms with E-state index in [9.17, 15) is 19.5 Å². The van der Waals surface area contributed by atoms with Crippen molar-refractivity contribution in [3.05, 3.63) is 22.3 Å². The predicted molar refractivity (Wildman–Crippen MR) is 135 cm³/mol. The summed E-state index contributed by atoms with van der Waals surface area (Å²) < 4.78 is 1.41. The van der Waals surface area contributed by atoms with Crippen LogP contribution in [0.3, 0.4) is 0 Å². The molecule has 4 rings (SSSR count). The maximum absolute atomic E-state index is 13.0. The number of hydrogen-bond acceptors (Lipinski definition) is 13. The van der Waals surface area contributed by atoms with Crippen LogP contribution in [-0.4, -0.2) is 88.2 Å². The highest BCUT2D eigenvalue weighted by atomic mass is 32.2. The number of hydrogen-bond donors (Lipinski definition) is 3. The Morgan fingerprint density at radius 2 is 2.22 bits per heavy atom. The summed E-state index contributed by atoms with van der Waals surface area (Å²) in [6.07, 6.45) is 10.5. The first kappa shape index (κ1) is 26.0. The molecule has 190 valence electrons. The zero-order chi connectivity index (χ0) is 26.5. The molecule has 2 aromatic heterocycles. The van der Waals surface area contributed by atoms with Gasteiger partial charge in [-0.05, 0) is 16.0 Å². The van der Waals surface area contributed by atoms with E-state index in [0.717, 1.165) is 16.2 Å². The molecule has 1 fully saturated rings. The molecule has 0 radical (unpaired) electrons. The molecule has 2 atom stereocenters. The van der Waals surface area contributed by atoms with Crippen LogP contribution in [0.1, 0.15) is 5.69 Å². The Morgan fingerprint density at radius 1 is 1.41 bits per heavy atom. The number of carboxylic acids is 1. The fourth-order valence-electron chi connectivity index (χ4n) is 3.38. The zero-order valence-electron chi connectivity index (χ0n) is 18.7. The van der Waals surface area contributed by atoms with E-state index in [2.05, 4.69) is 42.8 Å². The molecule has 4 N–H and O–H groups in total. The number of rotatable bonds is 10. The Bertz CT molecular complexity index is 1390. The number of oxime groups is 1. The second kappa shape index (κ2) is 11.3. The van der Waals surface area contributed by atoms with Gasteiger partial charge in [0.1, 0.15) is 29.4 Å². The van der Waals surface area contributed by atoms with E-state index >= 15 is 0 Å². The van der Waals surface area contributed by atoms with Gasteiger partial charge in [0.2, 0.25) is 5.16 Å². The van der Waals surface area contributed by atoms with E-state index in [0.29, 0.717) is 16.5 Å². The van der Waals surface area contributed by atoms with Gasteiger partial charge >= 0.3 is 5.97 Å². The van der Waals surface area contributed by atoms with Crippen molar-refractivity contribution in [2.24, 2.45) is 5.16 Å². The average Bonchev–Trinajstić information content (AvgIpc) is 3.51. The van der Waals surface area contributed by atoms with E-state index in [4.69, 9.17) is 23.4 Å². The minimum atomic E-state index is -1.26. The normalized spacial score (nSPS) is 18.9. The van der Waals surface area contributed by atoms with Crippen molar-refractivity contribution in [1.82, 2.24) is 35.4 Å². The zero-order valence-corrected chi connectivity index (χ0v) is 21.2. The number of carbonyl (C=O) groups excluding carboxylic acids is 2. The number of nitrogens with zero attached hydrogens (tertiary/aromatic N) is 7. The summed E-state index contributed by atoms with van der Waals surface area (Å²) in [5, 5.41) is 29.0. The van der Waals surface area contributed by atoms with Gasteiger partial charge in [0.25, 0.3) is 11.8 Å². The molecule has 1 saturated heterocycles. The molecule has 2 aliphatic heterocycles. The molecule has 1 unspecified atom stereocenters. The molecule has 4 heterocycles. The number of carbonyl (C=O) groups is 3. The lowest BCUT2D eigenvalue weighted by atomic mass is 10.0. The molecule has 2 amide bonds. The standard InChI is InChI=1S/C20H17N9O5S3/c1-3-5-28-20(24-26-27-28)37-8-10-7-35-17-13(16(31)29(17)14(10)18(32)33)23-15(30)12(25-34-6-4-2)11-9-36-19(21)22-11/h1-2,9,13,17H,5-8H2,(H2,21,22)(H,23,30)(H,32,33)/t13?,17-/m1/s1. The van der Waals surface area contributed by atoms with Crippen LogP contribution in [0.15, 0.2) is 27.0 Å². The number of amides is 2. The van der Waals surface area contributed by atoms with E-state index in [1.807, 2.05) is 0 Å². The Balaban J connectivity index is 1.49. The monoisotopic (exact) mass is 559 g/mol. The Morgan fingerprint density at radius 3 is 2.89 bits per heavy atom. The molecule has 17 heteroatoms. The maximum atomic E-state index is 13.0. The first-order chi connectivity index (χ1) is 17.8. The van der Waals surface area contributed by atoms with Crippen LogP contribution in [-0.2, 0) is 25.8 Å². The summed E-state index contributed by atoms with van der Waals surface area (Å²) in [5.74, 6) is 2.60. The van der Waals surface area contributed by atoms with Crippen LogP contribution in [0.25, 0.3) is 0 Å². The van der Waals surface area contributed by atoms with Crippen molar-refractivity contribution in [3.8, 4) is 24.7 Å². The second-order valence-corrected chi connectivity index (χ2v) is 10.2. The van der Waals surface area contributed by atoms with Gasteiger partial charge in [0.15, 0.2) is 17.5 Å². The number of aromatic nitrogens is 5. The highest BCUT2D eigenvalue weighted by Gasteiger charge is 2.54. The molecule has 2 aromatic rings. The van der Waals surface area contributed by atoms with Crippen LogP contribution in [0.5, 0.6) is 0 Å². The third-order valence-corrected chi connectivity index (χ3v) is 7.99. The smallest absolute Gasteiger partial charge is 0.352 e. The number of carboxylic acid groups (broad SMARTS) is 1. The van der Waals surface area contributed by atoms with Gasteiger partial charge in [-0.15, -0.1) is 41.0 Å². The lowest BCUT2D eigenvalue weighted by Crippen LogP contribution is -2.71. The van der Waals surface area contributed by atoms with E-state index in [-0.39, 0.29) is 41.1 Å². The van der Waals surface area contributed by atoms with E-state index in [1.54, 1.807) is 0 Å². The fourth-order valence-corrected chi connectivity index (χ4v) is 6.29. The van der Waals surface area contributed by atoms with Crippen LogP contribution >= 0.6 is 34.9 Å². The van der Waals surface area contributed by atoms with E-state index in [1.165, 1.54) is 33.6 Å². The number of anilines is 1. The Labute approximate surface area is 222 Å². The highest BCUT2D eigenvalue weighted by Crippen LogP contribution is 2.41. The van der Waals surface area contributed by atoms with Crippen molar-refractivity contribution in [1.29, 1.82) is 0 Å². The number of tetrazole rings is 1. The van der Waals surface area contributed by atoms with Gasteiger partial charge in [-0.2, -0.15) is 0 Å². The molecular weight excluding hydrogens is 542 g/mol. The third kappa shape index (κ3) is 5.38. The molecule has 0 saturated carbocycles. The quantitative estimate of drug-likeness (QED) is 0.0824. The Hall–Kier alpha value is -4.06. The summed E-state index contributed by atoms with van der Waals surface area (Å²) >= 11 is 3.61. The van der Waals surface area contributed by atoms with Crippen LogP contribution in [0.4, 0.5) is 5.13 Å². The number of nitrogens with two attached hydrogens (primary N) is 1. The summed E-state index contributed by atoms with van der Waals surface area (Å²) in [6, 6.07) is -0.988. The van der Waals surface area contributed by atoms with Crippen LogP contribution < -0.4 is 11.1 Å². The number of terminal acetylenes is 2. The molecule has 0 bridgehead atoms. The molecule has 0 spiro atoms. The number of nitrogen functional groups attached to an aromatic ring is 1. The number of thioether (sulfide) groups is 2. The molecule has 37 heavy (non-hydrogen) atoms. The highest BCUT2D eigenvalue weighted by molar-refractivity contribution is 8.01.